The number of ether oxygens (including phenoxy) is 2. The van der Waals surface area contributed by atoms with Crippen LogP contribution < -0.4 is 14.3 Å². The summed E-state index contributed by atoms with van der Waals surface area (Å²) in [5.41, 5.74) is 0.840. The van der Waals surface area contributed by atoms with Crippen LogP contribution in [0.2, 0.25) is 0 Å². The van der Waals surface area contributed by atoms with Gasteiger partial charge in [-0.2, -0.15) is 5.10 Å². The molecule has 3 rings (SSSR count). The van der Waals surface area contributed by atoms with Crippen LogP contribution in [-0.2, 0) is 7.05 Å². The van der Waals surface area contributed by atoms with E-state index in [9.17, 15) is 5.11 Å². The molecule has 0 radical (unpaired) electrons. The third-order valence-corrected chi connectivity index (χ3v) is 5.36. The van der Waals surface area contributed by atoms with Gasteiger partial charge < -0.3 is 14.6 Å². The third-order valence-electron chi connectivity index (χ3n) is 4.30. The summed E-state index contributed by atoms with van der Waals surface area (Å²) >= 11 is 1.54. The van der Waals surface area contributed by atoms with Crippen molar-refractivity contribution >= 4 is 11.3 Å². The van der Waals surface area contributed by atoms with E-state index in [1.54, 1.807) is 23.5 Å². The summed E-state index contributed by atoms with van der Waals surface area (Å²) < 4.78 is 12.3. The SMILES string of the molecule is CC.COc1cc(-c2nn(C)c(=NC3CCCCC3)s2)cc(OC)c1O. The second kappa shape index (κ2) is 9.62. The van der Waals surface area contributed by atoms with Crippen molar-refractivity contribution in [3.05, 3.63) is 16.9 Å². The van der Waals surface area contributed by atoms with Crippen LogP contribution in [0.5, 0.6) is 17.2 Å². The molecule has 1 fully saturated rings. The molecule has 7 heteroatoms. The number of benzene rings is 1. The summed E-state index contributed by atoms with van der Waals surface area (Å²) in [7, 11) is 4.95. The molecule has 0 atom stereocenters. The quantitative estimate of drug-likeness (QED) is 0.867. The summed E-state index contributed by atoms with van der Waals surface area (Å²) in [6, 6.07) is 3.93. The topological polar surface area (TPSA) is 68.9 Å². The van der Waals surface area contributed by atoms with Gasteiger partial charge in [0, 0.05) is 12.6 Å². The molecule has 0 amide bonds. The number of nitrogens with zero attached hydrogens (tertiary/aromatic N) is 3. The predicted molar refractivity (Wildman–Crippen MR) is 105 cm³/mol. The van der Waals surface area contributed by atoms with Crippen molar-refractivity contribution in [2.75, 3.05) is 14.2 Å². The summed E-state index contributed by atoms with van der Waals surface area (Å²) in [6.45, 7) is 4.00. The molecule has 26 heavy (non-hydrogen) atoms. The molecule has 1 aromatic heterocycles. The van der Waals surface area contributed by atoms with Gasteiger partial charge in [0.1, 0.15) is 5.01 Å². The van der Waals surface area contributed by atoms with Crippen LogP contribution in [0.1, 0.15) is 46.0 Å². The van der Waals surface area contributed by atoms with E-state index in [-0.39, 0.29) is 5.75 Å². The Bertz CT molecular complexity index is 752. The van der Waals surface area contributed by atoms with Gasteiger partial charge in [0.05, 0.1) is 20.3 Å². The van der Waals surface area contributed by atoms with Crippen molar-refractivity contribution in [3.8, 4) is 27.8 Å². The molecule has 1 saturated carbocycles. The maximum atomic E-state index is 10.0. The third kappa shape index (κ3) is 4.58. The Morgan fingerprint density at radius 2 is 1.69 bits per heavy atom. The second-order valence-electron chi connectivity index (χ2n) is 5.96. The maximum Gasteiger partial charge on any atom is 0.203 e. The highest BCUT2D eigenvalue weighted by molar-refractivity contribution is 7.12. The summed E-state index contributed by atoms with van der Waals surface area (Å²) in [6.07, 6.45) is 6.16. The zero-order valence-corrected chi connectivity index (χ0v) is 17.1. The highest BCUT2D eigenvalue weighted by Crippen LogP contribution is 2.40. The highest BCUT2D eigenvalue weighted by Gasteiger charge is 2.16. The van der Waals surface area contributed by atoms with Gasteiger partial charge in [-0.25, -0.2) is 4.68 Å². The van der Waals surface area contributed by atoms with Gasteiger partial charge in [-0.05, 0) is 25.0 Å². The van der Waals surface area contributed by atoms with Gasteiger partial charge in [-0.15, -0.1) is 0 Å². The summed E-state index contributed by atoms with van der Waals surface area (Å²) in [5, 5.41) is 15.4. The number of rotatable bonds is 4. The van der Waals surface area contributed by atoms with Crippen molar-refractivity contribution in [1.29, 1.82) is 0 Å². The fourth-order valence-electron chi connectivity index (χ4n) is 2.96. The molecule has 1 aliphatic rings. The number of hydrogen-bond donors (Lipinski definition) is 1. The second-order valence-corrected chi connectivity index (χ2v) is 6.92. The number of aromatic hydroxyl groups is 1. The van der Waals surface area contributed by atoms with Crippen LogP contribution in [0.4, 0.5) is 0 Å². The van der Waals surface area contributed by atoms with Gasteiger partial charge >= 0.3 is 0 Å². The lowest BCUT2D eigenvalue weighted by molar-refractivity contribution is 0.340. The largest absolute Gasteiger partial charge is 0.502 e. The van der Waals surface area contributed by atoms with Crippen LogP contribution in [0.3, 0.4) is 0 Å². The number of aryl methyl sites for hydroxylation is 1. The van der Waals surface area contributed by atoms with E-state index >= 15 is 0 Å². The zero-order valence-electron chi connectivity index (χ0n) is 16.3. The molecule has 1 aliphatic carbocycles. The first kappa shape index (κ1) is 20.3. The number of phenolic OH excluding ortho intramolecular Hbond substituents is 1. The van der Waals surface area contributed by atoms with Crippen LogP contribution in [0.15, 0.2) is 17.1 Å². The lowest BCUT2D eigenvalue weighted by atomic mass is 9.96. The Balaban J connectivity index is 0.00000117. The van der Waals surface area contributed by atoms with Gasteiger partial charge in [0.15, 0.2) is 11.5 Å². The van der Waals surface area contributed by atoms with E-state index < -0.39 is 0 Å². The van der Waals surface area contributed by atoms with Crippen molar-refractivity contribution in [2.45, 2.75) is 52.0 Å². The lowest BCUT2D eigenvalue weighted by Crippen LogP contribution is -2.18. The molecule has 1 heterocycles. The molecule has 1 N–H and O–H groups in total. The number of methoxy groups -OCH3 is 2. The fraction of sp³-hybridized carbons (Fsp3) is 0.579. The molecule has 0 aliphatic heterocycles. The Morgan fingerprint density at radius 1 is 1.12 bits per heavy atom. The highest BCUT2D eigenvalue weighted by atomic mass is 32.1. The Hall–Kier alpha value is -2.02. The fourth-order valence-corrected chi connectivity index (χ4v) is 3.91. The molecule has 0 bridgehead atoms. The number of hydrogen-bond acceptors (Lipinski definition) is 6. The van der Waals surface area contributed by atoms with Crippen molar-refractivity contribution in [3.63, 3.8) is 0 Å². The van der Waals surface area contributed by atoms with E-state index in [1.165, 1.54) is 33.5 Å². The van der Waals surface area contributed by atoms with Crippen molar-refractivity contribution in [2.24, 2.45) is 12.0 Å². The maximum absolute atomic E-state index is 10.0. The molecule has 0 unspecified atom stereocenters. The monoisotopic (exact) mass is 379 g/mol. The lowest BCUT2D eigenvalue weighted by Gasteiger charge is -2.16. The van der Waals surface area contributed by atoms with Crippen LogP contribution >= 0.6 is 11.3 Å². The minimum absolute atomic E-state index is 0.00297. The summed E-state index contributed by atoms with van der Waals surface area (Å²) in [5.74, 6) is 0.734. The van der Waals surface area contributed by atoms with E-state index in [2.05, 4.69) is 5.10 Å². The molecule has 0 saturated heterocycles. The van der Waals surface area contributed by atoms with Crippen LogP contribution in [0.25, 0.3) is 10.6 Å². The predicted octanol–water partition coefficient (Wildman–Crippen LogP) is 4.13. The Morgan fingerprint density at radius 3 is 2.23 bits per heavy atom. The van der Waals surface area contributed by atoms with Gasteiger partial charge in [0.25, 0.3) is 0 Å². The van der Waals surface area contributed by atoms with Crippen molar-refractivity contribution < 1.29 is 14.6 Å². The molecular weight excluding hydrogens is 350 g/mol. The molecule has 1 aromatic carbocycles. The zero-order chi connectivity index (χ0) is 19.1. The van der Waals surface area contributed by atoms with E-state index in [0.29, 0.717) is 17.5 Å². The standard InChI is InChI=1S/C17H23N3O3S.C2H6/c1-20-17(18-12-7-5-4-6-8-12)24-16(19-20)11-9-13(22-2)15(21)14(10-11)23-3;1-2/h9-10,12,21H,4-8H2,1-3H3;1-2H3. The van der Waals surface area contributed by atoms with E-state index in [4.69, 9.17) is 14.5 Å². The molecule has 0 spiro atoms. The Labute approximate surface area is 159 Å². The van der Waals surface area contributed by atoms with E-state index in [1.807, 2.05) is 25.6 Å². The Kier molecular flexibility index (Phi) is 7.50. The average molecular weight is 380 g/mol. The average Bonchev–Trinajstić information content (AvgIpc) is 3.05. The first-order valence-electron chi connectivity index (χ1n) is 9.15. The minimum Gasteiger partial charge on any atom is -0.502 e. The normalized spacial score (nSPS) is 15.3. The summed E-state index contributed by atoms with van der Waals surface area (Å²) in [4.78, 5) is 5.79. The molecule has 2 aromatic rings. The molecule has 144 valence electrons. The van der Waals surface area contributed by atoms with Crippen LogP contribution in [-0.4, -0.2) is 35.1 Å². The minimum atomic E-state index is -0.00297. The molecule has 6 nitrogen and oxygen atoms in total. The first-order valence-corrected chi connectivity index (χ1v) is 9.97. The van der Waals surface area contributed by atoms with Crippen LogP contribution in [0, 0.1) is 0 Å². The number of phenols is 1. The van der Waals surface area contributed by atoms with Gasteiger partial charge in [-0.1, -0.05) is 44.4 Å². The number of aromatic nitrogens is 2. The smallest absolute Gasteiger partial charge is 0.203 e. The first-order chi connectivity index (χ1) is 12.6. The molecular formula is C19H29N3O3S. The van der Waals surface area contributed by atoms with Gasteiger partial charge in [-0.3, -0.25) is 4.99 Å². The van der Waals surface area contributed by atoms with Crippen molar-refractivity contribution in [1.82, 2.24) is 9.78 Å². The van der Waals surface area contributed by atoms with E-state index in [0.717, 1.165) is 28.2 Å². The van der Waals surface area contributed by atoms with Gasteiger partial charge in [0.2, 0.25) is 10.6 Å².